The molecule has 3 aromatic rings. The summed E-state index contributed by atoms with van der Waals surface area (Å²) in [5, 5.41) is 3.77. The summed E-state index contributed by atoms with van der Waals surface area (Å²) in [5.74, 6) is 0.691. The van der Waals surface area contributed by atoms with Gasteiger partial charge in [-0.1, -0.05) is 57.0 Å². The van der Waals surface area contributed by atoms with E-state index in [0.717, 1.165) is 36.9 Å². The number of nitrogens with zero attached hydrogens (tertiary/aromatic N) is 3. The maximum atomic E-state index is 13.4. The summed E-state index contributed by atoms with van der Waals surface area (Å²) in [6, 6.07) is 15.1. The van der Waals surface area contributed by atoms with Gasteiger partial charge in [0.2, 0.25) is 0 Å². The highest BCUT2D eigenvalue weighted by molar-refractivity contribution is 5.90. The number of hydrogen-bond acceptors (Lipinski definition) is 3. The van der Waals surface area contributed by atoms with Crippen molar-refractivity contribution in [2.45, 2.75) is 58.5 Å². The van der Waals surface area contributed by atoms with E-state index in [1.54, 1.807) is 4.57 Å². The fourth-order valence-electron chi connectivity index (χ4n) is 4.38. The molecule has 1 atom stereocenters. The molecule has 1 aliphatic heterocycles. The van der Waals surface area contributed by atoms with E-state index in [2.05, 4.69) is 25.2 Å². The Hall–Kier alpha value is -3.15. The number of rotatable bonds is 7. The zero-order chi connectivity index (χ0) is 21.8. The number of urea groups is 1. The molecule has 1 unspecified atom stereocenters. The molecule has 0 spiro atoms. The van der Waals surface area contributed by atoms with Crippen LogP contribution in [0.4, 0.5) is 10.5 Å². The van der Waals surface area contributed by atoms with E-state index in [1.807, 2.05) is 47.4 Å². The van der Waals surface area contributed by atoms with Crippen LogP contribution in [-0.2, 0) is 13.0 Å². The number of amides is 2. The minimum absolute atomic E-state index is 0.0211. The lowest BCUT2D eigenvalue weighted by atomic mass is 10.1. The van der Waals surface area contributed by atoms with E-state index in [4.69, 9.17) is 4.98 Å². The zero-order valence-corrected chi connectivity index (χ0v) is 18.3. The van der Waals surface area contributed by atoms with E-state index in [-0.39, 0.29) is 17.6 Å². The molecule has 0 bridgehead atoms. The number of unbranched alkanes of at least 4 members (excludes halogenated alkanes) is 1. The molecule has 4 rings (SSSR count). The van der Waals surface area contributed by atoms with E-state index in [9.17, 15) is 9.59 Å². The SMILES string of the molecule is CCCCN(C(=O)Nc1ccccc1CCC)C1CCn2c1nc1ccccc1c2=O. The number of nitrogens with one attached hydrogen (secondary N) is 1. The van der Waals surface area contributed by atoms with Crippen molar-refractivity contribution in [2.24, 2.45) is 0 Å². The Kier molecular flexibility index (Phi) is 6.35. The molecule has 0 radical (unpaired) electrons. The molecule has 2 heterocycles. The molecule has 2 aromatic carbocycles. The van der Waals surface area contributed by atoms with Crippen molar-refractivity contribution in [3.8, 4) is 0 Å². The molecule has 0 saturated carbocycles. The molecule has 2 amide bonds. The van der Waals surface area contributed by atoms with Crippen molar-refractivity contribution < 1.29 is 4.79 Å². The smallest absolute Gasteiger partial charge is 0.314 e. The van der Waals surface area contributed by atoms with Crippen molar-refractivity contribution in [2.75, 3.05) is 11.9 Å². The monoisotopic (exact) mass is 418 g/mol. The molecule has 162 valence electrons. The normalized spacial score (nSPS) is 15.1. The highest BCUT2D eigenvalue weighted by atomic mass is 16.2. The number of carbonyl (C=O) groups is 1. The van der Waals surface area contributed by atoms with Crippen molar-refractivity contribution in [3.63, 3.8) is 0 Å². The van der Waals surface area contributed by atoms with E-state index in [1.165, 1.54) is 0 Å². The molecule has 0 fully saturated rings. The Morgan fingerprint density at radius 2 is 1.90 bits per heavy atom. The summed E-state index contributed by atoms with van der Waals surface area (Å²) in [7, 11) is 0. The zero-order valence-electron chi connectivity index (χ0n) is 18.3. The third-order valence-electron chi connectivity index (χ3n) is 5.98. The third-order valence-corrected chi connectivity index (χ3v) is 5.98. The first-order valence-corrected chi connectivity index (χ1v) is 11.3. The number of anilines is 1. The third kappa shape index (κ3) is 4.20. The van der Waals surface area contributed by atoms with Crippen LogP contribution in [0.3, 0.4) is 0 Å². The van der Waals surface area contributed by atoms with Crippen LogP contribution in [0.5, 0.6) is 0 Å². The number of hydrogen-bond donors (Lipinski definition) is 1. The van der Waals surface area contributed by atoms with Gasteiger partial charge in [-0.2, -0.15) is 0 Å². The number of aryl methyl sites for hydroxylation is 1. The first kappa shape index (κ1) is 21.1. The van der Waals surface area contributed by atoms with Gasteiger partial charge in [-0.25, -0.2) is 9.78 Å². The summed E-state index contributed by atoms with van der Waals surface area (Å²) in [5.41, 5.74) is 2.67. The van der Waals surface area contributed by atoms with E-state index in [0.29, 0.717) is 36.2 Å². The Bertz CT molecular complexity index is 1140. The van der Waals surface area contributed by atoms with Gasteiger partial charge in [0.25, 0.3) is 5.56 Å². The van der Waals surface area contributed by atoms with Crippen LogP contribution < -0.4 is 10.9 Å². The molecular formula is C25H30N4O2. The summed E-state index contributed by atoms with van der Waals surface area (Å²) >= 11 is 0. The maximum Gasteiger partial charge on any atom is 0.322 e. The number of fused-ring (bicyclic) bond motifs is 2. The van der Waals surface area contributed by atoms with Crippen molar-refractivity contribution in [1.29, 1.82) is 0 Å². The Morgan fingerprint density at radius 1 is 1.13 bits per heavy atom. The van der Waals surface area contributed by atoms with Gasteiger partial charge in [0.05, 0.1) is 16.9 Å². The topological polar surface area (TPSA) is 67.2 Å². The number of para-hydroxylation sites is 2. The maximum absolute atomic E-state index is 13.4. The Morgan fingerprint density at radius 3 is 2.71 bits per heavy atom. The van der Waals surface area contributed by atoms with Crippen molar-refractivity contribution in [1.82, 2.24) is 14.5 Å². The highest BCUT2D eigenvalue weighted by Crippen LogP contribution is 2.31. The van der Waals surface area contributed by atoms with E-state index < -0.39 is 0 Å². The summed E-state index contributed by atoms with van der Waals surface area (Å²) in [6.07, 6.45) is 4.52. The minimum atomic E-state index is -0.206. The van der Waals surface area contributed by atoms with Crippen LogP contribution in [0.15, 0.2) is 53.3 Å². The van der Waals surface area contributed by atoms with Gasteiger partial charge in [-0.15, -0.1) is 0 Å². The molecule has 6 nitrogen and oxygen atoms in total. The predicted molar refractivity (Wildman–Crippen MR) is 124 cm³/mol. The second-order valence-electron chi connectivity index (χ2n) is 8.13. The van der Waals surface area contributed by atoms with Gasteiger partial charge in [-0.3, -0.25) is 9.36 Å². The summed E-state index contributed by atoms with van der Waals surface area (Å²) < 4.78 is 1.74. The van der Waals surface area contributed by atoms with Crippen LogP contribution in [0.25, 0.3) is 10.9 Å². The molecule has 1 N–H and O–H groups in total. The van der Waals surface area contributed by atoms with Crippen LogP contribution >= 0.6 is 0 Å². The molecule has 31 heavy (non-hydrogen) atoms. The van der Waals surface area contributed by atoms with Crippen molar-refractivity contribution in [3.05, 3.63) is 70.3 Å². The van der Waals surface area contributed by atoms with Gasteiger partial charge in [0, 0.05) is 18.8 Å². The molecule has 6 heteroatoms. The van der Waals surface area contributed by atoms with Crippen LogP contribution in [0, 0.1) is 0 Å². The summed E-state index contributed by atoms with van der Waals surface area (Å²) in [6.45, 7) is 5.46. The molecule has 0 saturated heterocycles. The molecule has 0 aliphatic carbocycles. The molecule has 1 aliphatic rings. The van der Waals surface area contributed by atoms with Gasteiger partial charge < -0.3 is 10.2 Å². The first-order valence-electron chi connectivity index (χ1n) is 11.3. The van der Waals surface area contributed by atoms with Crippen LogP contribution in [0.2, 0.25) is 0 Å². The van der Waals surface area contributed by atoms with Gasteiger partial charge >= 0.3 is 6.03 Å². The predicted octanol–water partition coefficient (Wildman–Crippen LogP) is 5.13. The second kappa shape index (κ2) is 9.33. The largest absolute Gasteiger partial charge is 0.322 e. The minimum Gasteiger partial charge on any atom is -0.314 e. The van der Waals surface area contributed by atoms with Gasteiger partial charge in [0.1, 0.15) is 5.82 Å². The highest BCUT2D eigenvalue weighted by Gasteiger charge is 2.33. The fraction of sp³-hybridized carbons (Fsp3) is 0.400. The quantitative estimate of drug-likeness (QED) is 0.578. The lowest BCUT2D eigenvalue weighted by Gasteiger charge is -2.29. The Balaban J connectivity index is 1.67. The van der Waals surface area contributed by atoms with E-state index >= 15 is 0 Å². The second-order valence-corrected chi connectivity index (χ2v) is 8.13. The molecule has 1 aromatic heterocycles. The van der Waals surface area contributed by atoms with Gasteiger partial charge in [-0.05, 0) is 43.0 Å². The van der Waals surface area contributed by atoms with Crippen LogP contribution in [-0.4, -0.2) is 27.0 Å². The lowest BCUT2D eigenvalue weighted by molar-refractivity contribution is 0.185. The average molecular weight is 419 g/mol. The first-order chi connectivity index (χ1) is 15.1. The lowest BCUT2D eigenvalue weighted by Crippen LogP contribution is -2.39. The number of benzene rings is 2. The number of carbonyl (C=O) groups excluding carboxylic acids is 1. The fourth-order valence-corrected chi connectivity index (χ4v) is 4.38. The Labute approximate surface area is 182 Å². The summed E-state index contributed by atoms with van der Waals surface area (Å²) in [4.78, 5) is 33.1. The number of aromatic nitrogens is 2. The standard InChI is InChI=1S/C25H30N4O2/c1-3-5-16-28(25(31)27-20-13-8-6-11-18(20)10-4-2)22-15-17-29-23(22)26-21-14-9-7-12-19(21)24(29)30/h6-9,11-14,22H,3-5,10,15-17H2,1-2H3,(H,27,31). The van der Waals surface area contributed by atoms with Crippen molar-refractivity contribution >= 4 is 22.6 Å². The average Bonchev–Trinajstić information content (AvgIpc) is 3.20. The van der Waals surface area contributed by atoms with Crippen LogP contribution in [0.1, 0.15) is 57.0 Å². The van der Waals surface area contributed by atoms with Gasteiger partial charge in [0.15, 0.2) is 0 Å². The molecular weight excluding hydrogens is 388 g/mol.